The van der Waals surface area contributed by atoms with Gasteiger partial charge in [0.2, 0.25) is 0 Å². The van der Waals surface area contributed by atoms with Gasteiger partial charge in [0, 0.05) is 12.6 Å². The summed E-state index contributed by atoms with van der Waals surface area (Å²) in [5, 5.41) is 0. The van der Waals surface area contributed by atoms with Crippen molar-refractivity contribution < 1.29 is 30.7 Å². The molecule has 1 fully saturated rings. The van der Waals surface area contributed by atoms with Crippen LogP contribution in [-0.2, 0) is 10.2 Å². The lowest BCUT2D eigenvalue weighted by Gasteiger charge is -2.18. The molecule has 2 rings (SSSR count). The minimum absolute atomic E-state index is 0.0349. The molecule has 1 heterocycles. The summed E-state index contributed by atoms with van der Waals surface area (Å²) in [7, 11) is -4.22. The molecule has 1 aromatic rings. The van der Waals surface area contributed by atoms with Crippen LogP contribution >= 0.6 is 0 Å². The Morgan fingerprint density at radius 3 is 2.73 bits per heavy atom. The van der Waals surface area contributed by atoms with Crippen molar-refractivity contribution in [3.05, 3.63) is 30.1 Å². The molecule has 22 heavy (non-hydrogen) atoms. The maximum Gasteiger partial charge on any atom is 0.402 e. The van der Waals surface area contributed by atoms with E-state index in [2.05, 4.69) is 0 Å². The van der Waals surface area contributed by atoms with Crippen LogP contribution in [0.3, 0.4) is 0 Å². The minimum Gasteiger partial charge on any atom is -0.489 e. The Bertz CT molecular complexity index is 621. The molecule has 5 nitrogen and oxygen atoms in total. The summed E-state index contributed by atoms with van der Waals surface area (Å²) in [6, 6.07) is 5.35. The molecule has 10 heteroatoms. The monoisotopic (exact) mass is 342 g/mol. The molecular formula is C12H14F4N2O3S. The smallest absolute Gasteiger partial charge is 0.402 e. The van der Waals surface area contributed by atoms with E-state index in [1.54, 1.807) is 0 Å². The third-order valence-electron chi connectivity index (χ3n) is 3.00. The Morgan fingerprint density at radius 1 is 1.36 bits per heavy atom. The number of alkyl halides is 3. The van der Waals surface area contributed by atoms with E-state index in [-0.39, 0.29) is 18.8 Å². The largest absolute Gasteiger partial charge is 0.489 e. The SMILES string of the molecule is O=S(=O)(NCC(F)(F)F)N1CC[C@@H](Oc2cccc(F)c2)C1. The van der Waals surface area contributed by atoms with E-state index in [1.807, 2.05) is 0 Å². The molecule has 124 valence electrons. The molecule has 0 bridgehead atoms. The van der Waals surface area contributed by atoms with E-state index in [0.29, 0.717) is 6.42 Å². The van der Waals surface area contributed by atoms with Crippen molar-refractivity contribution in [1.29, 1.82) is 0 Å². The van der Waals surface area contributed by atoms with Crippen LogP contribution < -0.4 is 9.46 Å². The van der Waals surface area contributed by atoms with Gasteiger partial charge in [-0.25, -0.2) is 4.39 Å². The quantitative estimate of drug-likeness (QED) is 0.829. The summed E-state index contributed by atoms with van der Waals surface area (Å²) >= 11 is 0. The predicted molar refractivity (Wildman–Crippen MR) is 70.0 cm³/mol. The Balaban J connectivity index is 1.92. The minimum atomic E-state index is -4.62. The number of hydrogen-bond acceptors (Lipinski definition) is 3. The number of nitrogens with one attached hydrogen (secondary N) is 1. The second kappa shape index (κ2) is 6.39. The summed E-state index contributed by atoms with van der Waals surface area (Å²) in [5.41, 5.74) is 0. The number of nitrogens with zero attached hydrogens (tertiary/aromatic N) is 1. The predicted octanol–water partition coefficient (Wildman–Crippen LogP) is 1.68. The van der Waals surface area contributed by atoms with Crippen molar-refractivity contribution in [2.24, 2.45) is 0 Å². The van der Waals surface area contributed by atoms with E-state index >= 15 is 0 Å². The first kappa shape index (κ1) is 17.0. The lowest BCUT2D eigenvalue weighted by Crippen LogP contribution is -2.43. The fourth-order valence-electron chi connectivity index (χ4n) is 2.01. The molecule has 0 unspecified atom stereocenters. The lowest BCUT2D eigenvalue weighted by atomic mass is 10.3. The van der Waals surface area contributed by atoms with Gasteiger partial charge < -0.3 is 4.74 Å². The van der Waals surface area contributed by atoms with Crippen LogP contribution in [0.1, 0.15) is 6.42 Å². The molecule has 0 spiro atoms. The Morgan fingerprint density at radius 2 is 2.09 bits per heavy atom. The molecule has 1 atom stereocenters. The van der Waals surface area contributed by atoms with Gasteiger partial charge in [-0.2, -0.15) is 30.6 Å². The zero-order chi connectivity index (χ0) is 16.4. The molecule has 0 saturated carbocycles. The number of benzene rings is 1. The summed E-state index contributed by atoms with van der Waals surface area (Å²) in [5.74, 6) is -0.251. The van der Waals surface area contributed by atoms with Crippen molar-refractivity contribution >= 4 is 10.2 Å². The van der Waals surface area contributed by atoms with Gasteiger partial charge in [-0.15, -0.1) is 0 Å². The average molecular weight is 342 g/mol. The molecule has 0 aromatic heterocycles. The molecule has 1 N–H and O–H groups in total. The maximum atomic E-state index is 13.0. The lowest BCUT2D eigenvalue weighted by molar-refractivity contribution is -0.121. The fraction of sp³-hybridized carbons (Fsp3) is 0.500. The first-order valence-corrected chi connectivity index (χ1v) is 7.83. The highest BCUT2D eigenvalue weighted by Crippen LogP contribution is 2.21. The summed E-state index contributed by atoms with van der Waals surface area (Å²) in [6.45, 7) is -1.68. The van der Waals surface area contributed by atoms with Crippen molar-refractivity contribution in [1.82, 2.24) is 9.03 Å². The van der Waals surface area contributed by atoms with Gasteiger partial charge in [-0.05, 0) is 18.6 Å². The number of hydrogen-bond donors (Lipinski definition) is 1. The van der Waals surface area contributed by atoms with Gasteiger partial charge in [-0.1, -0.05) is 6.07 Å². The van der Waals surface area contributed by atoms with Gasteiger partial charge >= 0.3 is 6.18 Å². The Hall–Kier alpha value is -1.39. The average Bonchev–Trinajstić information content (AvgIpc) is 2.85. The van der Waals surface area contributed by atoms with Crippen molar-refractivity contribution in [3.63, 3.8) is 0 Å². The Labute approximate surface area is 125 Å². The molecule has 1 aromatic carbocycles. The van der Waals surface area contributed by atoms with Gasteiger partial charge in [0.15, 0.2) is 0 Å². The van der Waals surface area contributed by atoms with Crippen LogP contribution in [0.25, 0.3) is 0 Å². The molecule has 1 aliphatic heterocycles. The second-order valence-electron chi connectivity index (χ2n) is 4.79. The first-order valence-electron chi connectivity index (χ1n) is 6.39. The first-order chi connectivity index (χ1) is 10.2. The molecule has 0 aliphatic carbocycles. The van der Waals surface area contributed by atoms with Crippen LogP contribution in [0.4, 0.5) is 17.6 Å². The second-order valence-corrected chi connectivity index (χ2v) is 6.54. The van der Waals surface area contributed by atoms with Crippen LogP contribution in [-0.4, -0.2) is 44.6 Å². The topological polar surface area (TPSA) is 58.6 Å². The fourth-order valence-corrected chi connectivity index (χ4v) is 3.25. The van der Waals surface area contributed by atoms with E-state index in [1.165, 1.54) is 22.9 Å². The zero-order valence-electron chi connectivity index (χ0n) is 11.3. The number of ether oxygens (including phenoxy) is 1. The highest BCUT2D eigenvalue weighted by atomic mass is 32.2. The van der Waals surface area contributed by atoms with Crippen molar-refractivity contribution in [2.45, 2.75) is 18.7 Å². The third kappa shape index (κ3) is 4.82. The molecular weight excluding hydrogens is 328 g/mol. The molecule has 0 radical (unpaired) electrons. The Kier molecular flexibility index (Phi) is 4.93. The molecule has 0 amide bonds. The van der Waals surface area contributed by atoms with E-state index in [4.69, 9.17) is 4.74 Å². The number of rotatable bonds is 5. The van der Waals surface area contributed by atoms with Crippen LogP contribution in [0.15, 0.2) is 24.3 Å². The number of halogens is 4. The van der Waals surface area contributed by atoms with E-state index < -0.39 is 34.9 Å². The van der Waals surface area contributed by atoms with Crippen LogP contribution in [0.2, 0.25) is 0 Å². The summed E-state index contributed by atoms with van der Waals surface area (Å²) in [4.78, 5) is 0. The van der Waals surface area contributed by atoms with Gasteiger partial charge in [0.25, 0.3) is 10.2 Å². The molecule has 1 saturated heterocycles. The summed E-state index contributed by atoms with van der Waals surface area (Å²) in [6.07, 6.45) is -4.85. The molecule has 1 aliphatic rings. The highest BCUT2D eigenvalue weighted by molar-refractivity contribution is 7.87. The standard InChI is InChI=1S/C12H14F4N2O3S/c13-9-2-1-3-10(6-9)21-11-4-5-18(7-11)22(19,20)17-8-12(14,15)16/h1-3,6,11,17H,4-5,7-8H2/t11-/m1/s1. The van der Waals surface area contributed by atoms with Crippen molar-refractivity contribution in [3.8, 4) is 5.75 Å². The van der Waals surface area contributed by atoms with Gasteiger partial charge in [0.1, 0.15) is 24.2 Å². The normalized spacial score (nSPS) is 20.3. The van der Waals surface area contributed by atoms with Crippen LogP contribution in [0.5, 0.6) is 5.75 Å². The van der Waals surface area contributed by atoms with E-state index in [0.717, 1.165) is 10.4 Å². The van der Waals surface area contributed by atoms with Gasteiger partial charge in [0.05, 0.1) is 6.54 Å². The van der Waals surface area contributed by atoms with Crippen molar-refractivity contribution in [2.75, 3.05) is 19.6 Å². The summed E-state index contributed by atoms with van der Waals surface area (Å²) < 4.78 is 80.5. The zero-order valence-corrected chi connectivity index (χ0v) is 12.1. The van der Waals surface area contributed by atoms with Crippen LogP contribution in [0, 0.1) is 5.82 Å². The van der Waals surface area contributed by atoms with Gasteiger partial charge in [-0.3, -0.25) is 0 Å². The highest BCUT2D eigenvalue weighted by Gasteiger charge is 2.36. The van der Waals surface area contributed by atoms with E-state index in [9.17, 15) is 26.0 Å². The maximum absolute atomic E-state index is 13.0. The third-order valence-corrected chi connectivity index (χ3v) is 4.52.